The minimum atomic E-state index is -0.507. The van der Waals surface area contributed by atoms with Crippen molar-refractivity contribution in [1.82, 2.24) is 0 Å². The molecule has 5 unspecified atom stereocenters. The molecule has 8 aliphatic carbocycles. The van der Waals surface area contributed by atoms with Crippen LogP contribution in [0.3, 0.4) is 0 Å². The van der Waals surface area contributed by atoms with Crippen LogP contribution in [0.1, 0.15) is 358 Å². The minimum Gasteiger partial charge on any atom is -0.300 e. The van der Waals surface area contributed by atoms with Crippen molar-refractivity contribution in [2.45, 2.75) is 310 Å². The van der Waals surface area contributed by atoms with Gasteiger partial charge in [0.2, 0.25) is 0 Å². The van der Waals surface area contributed by atoms with Crippen LogP contribution in [-0.4, -0.2) is 46.3 Å². The molecule has 0 bridgehead atoms. The highest BCUT2D eigenvalue weighted by Gasteiger charge is 2.51. The summed E-state index contributed by atoms with van der Waals surface area (Å²) in [6.07, 6.45) is 12.3. The molecule has 14 rings (SSSR count). The Hall–Kier alpha value is -8.62. The second kappa shape index (κ2) is 47.7. The van der Waals surface area contributed by atoms with Crippen LogP contribution >= 0.6 is 0 Å². The first-order valence-corrected chi connectivity index (χ1v) is 44.5. The standard InChI is InChI=1S/C19H24O2.C19H22O.C17H22O2.C17H20O.C12H14O.C12H12O.6C2H6/c1-5-16(20)10-11-19(14(4)13(2)3)12-15-8-6-7-9-17(15)18(19)21;1-12(2)14(4)19-10-9-17(20)13(3)18(19)16-8-6-5-7-15(16)11-19;1-4-14(18)9-10-17(12(2)3)11-13-7-5-6-8-15(13)16(17)19;1-11(2)17-9-8-15(18)12(3)16(17)14-7-5-4-6-13(14)10-17;2*1-8(2)11-7-9-5-3-4-6-10(9)12(11)13;6*1-2/h6-9H,5,10-12H2,1-4H3;5-8H,9-11H2,1-4H3;5-8,12H,4,9-11H2,1-3H3;4-7,11H,8-10H2,1-3H3;3-6,8,11H,7H2,1-2H3;3-6H,7H2,1-2H3;6*1-2H3. The highest BCUT2D eigenvalue weighted by molar-refractivity contribution is 6.14. The zero-order valence-corrected chi connectivity index (χ0v) is 77.7. The van der Waals surface area contributed by atoms with Gasteiger partial charge in [0.05, 0.1) is 5.41 Å². The maximum absolute atomic E-state index is 13.0. The fraction of sp³-hybridized carbons (Fsp3) is 0.500. The van der Waals surface area contributed by atoms with E-state index in [0.29, 0.717) is 74.1 Å². The van der Waals surface area contributed by atoms with Gasteiger partial charge in [0.1, 0.15) is 11.6 Å². The van der Waals surface area contributed by atoms with Crippen molar-refractivity contribution >= 4 is 57.4 Å². The summed E-state index contributed by atoms with van der Waals surface area (Å²) in [5, 5.41) is 0. The zero-order chi connectivity index (χ0) is 87.9. The quantitative estimate of drug-likeness (QED) is 0.0823. The SMILES string of the molecule is CC.CC.CC.CC.CC.CC.CC(C)=C(C)C12CCC(=O)C(C)=C1c1ccccc1C2.CC(C)=C1Cc2ccccc2C1=O.CC(C)C1Cc2ccccc2C1=O.CC1=C2c3ccccc3CC2(C(C)C)CCC1=O.CCC(=O)CCC1(C(C)=C(C)C)Cc2ccccc2C1=O.CCC(=O)CCC1(C(C)C)Cc2ccccc2C1=O. The predicted octanol–water partition coefficient (Wildman–Crippen LogP) is 28.7. The third-order valence-corrected chi connectivity index (χ3v) is 25.1. The molecule has 0 fully saturated rings. The molecule has 0 N–H and O–H groups in total. The lowest BCUT2D eigenvalue weighted by atomic mass is 9.64. The van der Waals surface area contributed by atoms with Crippen LogP contribution in [0.15, 0.2) is 190 Å². The Morgan fingerprint density at radius 1 is 0.405 bits per heavy atom. The van der Waals surface area contributed by atoms with Gasteiger partial charge in [-0.15, -0.1) is 0 Å². The van der Waals surface area contributed by atoms with E-state index in [0.717, 1.165) is 119 Å². The van der Waals surface area contributed by atoms with Gasteiger partial charge in [-0.25, -0.2) is 0 Å². The molecule has 0 amide bonds. The number of allylic oxidation sites excluding steroid dienone is 10. The number of hydrogen-bond donors (Lipinski definition) is 0. The Labute approximate surface area is 704 Å². The van der Waals surface area contributed by atoms with Gasteiger partial charge in [-0.2, -0.15) is 0 Å². The van der Waals surface area contributed by atoms with Crippen molar-refractivity contribution < 1.29 is 38.4 Å². The van der Waals surface area contributed by atoms with Gasteiger partial charge in [-0.1, -0.05) is 312 Å². The predicted molar refractivity (Wildman–Crippen MR) is 493 cm³/mol. The molecule has 0 aromatic heterocycles. The van der Waals surface area contributed by atoms with Gasteiger partial charge < -0.3 is 0 Å². The van der Waals surface area contributed by atoms with E-state index in [1.54, 1.807) is 0 Å². The van der Waals surface area contributed by atoms with Gasteiger partial charge in [-0.3, -0.25) is 38.4 Å². The van der Waals surface area contributed by atoms with Gasteiger partial charge in [0.25, 0.3) is 0 Å². The normalized spacial score (nSPS) is 19.9. The number of benzene rings is 6. The Balaban J connectivity index is 0.000000353. The van der Waals surface area contributed by atoms with Crippen LogP contribution < -0.4 is 0 Å². The molecule has 8 heteroatoms. The molecule has 0 radical (unpaired) electrons. The molecule has 0 spiro atoms. The second-order valence-corrected chi connectivity index (χ2v) is 32.4. The summed E-state index contributed by atoms with van der Waals surface area (Å²) in [6.45, 7) is 61.6. The third-order valence-electron chi connectivity index (χ3n) is 25.1. The molecule has 0 saturated carbocycles. The third kappa shape index (κ3) is 22.6. The number of rotatable bonds is 13. The second-order valence-electron chi connectivity index (χ2n) is 32.4. The number of fused-ring (bicyclic) bond motifs is 10. The maximum atomic E-state index is 13.0. The summed E-state index contributed by atoms with van der Waals surface area (Å²) in [4.78, 5) is 97.0. The van der Waals surface area contributed by atoms with Crippen molar-refractivity contribution in [3.05, 3.63) is 257 Å². The molecule has 6 aromatic carbocycles. The monoisotopic (exact) mass is 1580 g/mol. The lowest BCUT2D eigenvalue weighted by Crippen LogP contribution is -2.34. The van der Waals surface area contributed by atoms with Gasteiger partial charge in [0, 0.05) is 94.9 Å². The number of ketones is 8. The van der Waals surface area contributed by atoms with E-state index >= 15 is 0 Å². The van der Waals surface area contributed by atoms with E-state index in [1.165, 1.54) is 61.2 Å². The maximum Gasteiger partial charge on any atom is 0.189 e. The lowest BCUT2D eigenvalue weighted by Gasteiger charge is -2.39. The summed E-state index contributed by atoms with van der Waals surface area (Å²) in [5.74, 6) is 3.68. The number of carbonyl (C=O) groups excluding carboxylic acids is 8. The summed E-state index contributed by atoms with van der Waals surface area (Å²) in [5.41, 5.74) is 25.0. The van der Waals surface area contributed by atoms with E-state index in [9.17, 15) is 38.4 Å². The zero-order valence-electron chi connectivity index (χ0n) is 77.7. The van der Waals surface area contributed by atoms with E-state index in [4.69, 9.17) is 0 Å². The van der Waals surface area contributed by atoms with Gasteiger partial charge >= 0.3 is 0 Å². The molecule has 8 aliphatic rings. The Morgan fingerprint density at radius 3 is 1.22 bits per heavy atom. The van der Waals surface area contributed by atoms with Gasteiger partial charge in [0.15, 0.2) is 34.7 Å². The van der Waals surface area contributed by atoms with E-state index in [1.807, 2.05) is 216 Å². The first-order valence-electron chi connectivity index (χ1n) is 44.5. The first kappa shape index (κ1) is 102. The van der Waals surface area contributed by atoms with Crippen LogP contribution in [0.25, 0.3) is 11.1 Å². The first-order chi connectivity index (χ1) is 55.4. The van der Waals surface area contributed by atoms with E-state index < -0.39 is 5.41 Å². The molecule has 116 heavy (non-hydrogen) atoms. The summed E-state index contributed by atoms with van der Waals surface area (Å²) in [6, 6.07) is 48.8. The van der Waals surface area contributed by atoms with Crippen molar-refractivity contribution in [1.29, 1.82) is 0 Å². The largest absolute Gasteiger partial charge is 0.300 e. The fourth-order valence-corrected chi connectivity index (χ4v) is 17.9. The van der Waals surface area contributed by atoms with Crippen molar-refractivity contribution in [3.63, 3.8) is 0 Å². The number of hydrogen-bond acceptors (Lipinski definition) is 8. The molecule has 630 valence electrons. The highest BCUT2D eigenvalue weighted by atomic mass is 16.2. The fourth-order valence-electron chi connectivity index (χ4n) is 17.9. The molecular formula is C108H150O8. The molecule has 0 heterocycles. The van der Waals surface area contributed by atoms with Crippen LogP contribution in [0, 0.1) is 45.3 Å². The smallest absolute Gasteiger partial charge is 0.189 e. The van der Waals surface area contributed by atoms with Crippen LogP contribution in [-0.2, 0) is 57.7 Å². The molecule has 8 nitrogen and oxygen atoms in total. The highest BCUT2D eigenvalue weighted by Crippen LogP contribution is 2.59. The molecule has 6 aromatic rings. The Kier molecular flexibility index (Phi) is 41.8. The number of carbonyl (C=O) groups is 8. The molecule has 0 saturated heterocycles. The van der Waals surface area contributed by atoms with Crippen LogP contribution in [0.2, 0.25) is 0 Å². The minimum absolute atomic E-state index is 0.0700. The van der Waals surface area contributed by atoms with Crippen LogP contribution in [0.4, 0.5) is 0 Å². The van der Waals surface area contributed by atoms with E-state index in [2.05, 4.69) is 138 Å². The van der Waals surface area contributed by atoms with Crippen molar-refractivity contribution in [3.8, 4) is 0 Å². The van der Waals surface area contributed by atoms with Crippen LogP contribution in [0.5, 0.6) is 0 Å². The summed E-state index contributed by atoms with van der Waals surface area (Å²) >= 11 is 0. The van der Waals surface area contributed by atoms with Gasteiger partial charge in [-0.05, 0) is 212 Å². The number of Topliss-reactive ketones (excluding diaryl/α,β-unsaturated/α-hetero) is 8. The Bertz CT molecular complexity index is 4510. The van der Waals surface area contributed by atoms with E-state index in [-0.39, 0.29) is 57.0 Å². The summed E-state index contributed by atoms with van der Waals surface area (Å²) in [7, 11) is 0. The molecule has 5 atom stereocenters. The summed E-state index contributed by atoms with van der Waals surface area (Å²) < 4.78 is 0. The molecular weight excluding hydrogens is 1430 g/mol. The average molecular weight is 1580 g/mol. The lowest BCUT2D eigenvalue weighted by molar-refractivity contribution is -0.120. The topological polar surface area (TPSA) is 137 Å². The average Bonchev–Trinajstić information content (AvgIpc) is 1.57. The van der Waals surface area contributed by atoms with Crippen molar-refractivity contribution in [2.24, 2.45) is 45.3 Å². The Morgan fingerprint density at radius 2 is 0.793 bits per heavy atom. The van der Waals surface area contributed by atoms with Crippen molar-refractivity contribution in [2.75, 3.05) is 0 Å². The molecule has 0 aliphatic heterocycles.